The second-order valence-electron chi connectivity index (χ2n) is 5.91. The molecule has 3 N–H and O–H groups in total. The first-order chi connectivity index (χ1) is 12.5. The summed E-state index contributed by atoms with van der Waals surface area (Å²) in [5.41, 5.74) is 0. The van der Waals surface area contributed by atoms with Gasteiger partial charge in [-0.25, -0.2) is 13.1 Å². The van der Waals surface area contributed by atoms with Crippen LogP contribution in [-0.4, -0.2) is 53.7 Å². The third-order valence-corrected chi connectivity index (χ3v) is 5.18. The first-order valence-electron chi connectivity index (χ1n) is 8.89. The molecule has 1 heterocycles. The highest BCUT2D eigenvalue weighted by Gasteiger charge is 2.18. The lowest BCUT2D eigenvalue weighted by Gasteiger charge is -2.11. The van der Waals surface area contributed by atoms with Gasteiger partial charge in [0, 0.05) is 38.5 Å². The summed E-state index contributed by atoms with van der Waals surface area (Å²) in [6, 6.07) is 4.50. The van der Waals surface area contributed by atoms with Crippen molar-refractivity contribution in [2.75, 3.05) is 39.4 Å². The Morgan fingerprint density at radius 1 is 1.08 bits per heavy atom. The number of ether oxygens (including phenoxy) is 2. The number of hydrogen-bond acceptors (Lipinski definition) is 6. The Bertz CT molecular complexity index is 694. The van der Waals surface area contributed by atoms with Crippen LogP contribution in [-0.2, 0) is 14.8 Å². The first kappa shape index (κ1) is 20.5. The monoisotopic (exact) mass is 385 g/mol. The molecular formula is C17H27N3O5S. The van der Waals surface area contributed by atoms with Gasteiger partial charge in [0.25, 0.3) is 0 Å². The Labute approximate surface area is 154 Å². The Kier molecular flexibility index (Phi) is 8.14. The molecule has 0 aliphatic carbocycles. The fourth-order valence-electron chi connectivity index (χ4n) is 2.37. The van der Waals surface area contributed by atoms with Crippen molar-refractivity contribution in [2.45, 2.75) is 31.1 Å². The lowest BCUT2D eigenvalue weighted by atomic mass is 10.3. The fourth-order valence-corrected chi connectivity index (χ4v) is 3.42. The average molecular weight is 385 g/mol. The number of sulfonamides is 1. The molecule has 1 aliphatic heterocycles. The smallest absolute Gasteiger partial charge is 0.240 e. The van der Waals surface area contributed by atoms with Gasteiger partial charge in [0.05, 0.1) is 18.1 Å². The third-order valence-electron chi connectivity index (χ3n) is 3.72. The number of rotatable bonds is 10. The molecule has 1 aromatic carbocycles. The lowest BCUT2D eigenvalue weighted by Crippen LogP contribution is -2.34. The highest BCUT2D eigenvalue weighted by atomic mass is 32.2. The van der Waals surface area contributed by atoms with E-state index in [-0.39, 0.29) is 23.8 Å². The van der Waals surface area contributed by atoms with E-state index < -0.39 is 10.0 Å². The van der Waals surface area contributed by atoms with E-state index in [1.54, 1.807) is 6.07 Å². The van der Waals surface area contributed by atoms with Gasteiger partial charge in [-0.2, -0.15) is 0 Å². The van der Waals surface area contributed by atoms with Crippen LogP contribution in [0.5, 0.6) is 11.5 Å². The maximum atomic E-state index is 12.4. The second kappa shape index (κ2) is 10.3. The summed E-state index contributed by atoms with van der Waals surface area (Å²) in [5.74, 6) is 0.768. The molecule has 26 heavy (non-hydrogen) atoms. The van der Waals surface area contributed by atoms with Crippen molar-refractivity contribution in [3.63, 3.8) is 0 Å². The number of amides is 1. The zero-order valence-electron chi connectivity index (χ0n) is 15.0. The van der Waals surface area contributed by atoms with Gasteiger partial charge in [-0.05, 0) is 25.1 Å². The molecule has 0 atom stereocenters. The number of nitrogens with one attached hydrogen (secondary N) is 3. The fraction of sp³-hybridized carbons (Fsp3) is 0.588. The molecule has 1 aliphatic rings. The molecule has 0 fully saturated rings. The molecule has 1 amide bonds. The molecular weight excluding hydrogens is 358 g/mol. The summed E-state index contributed by atoms with van der Waals surface area (Å²) in [7, 11) is -3.71. The van der Waals surface area contributed by atoms with Crippen LogP contribution in [0.1, 0.15) is 26.2 Å². The number of carbonyl (C=O) groups is 1. The van der Waals surface area contributed by atoms with E-state index in [0.717, 1.165) is 19.4 Å². The second-order valence-corrected chi connectivity index (χ2v) is 7.67. The molecule has 0 saturated heterocycles. The van der Waals surface area contributed by atoms with E-state index in [1.807, 2.05) is 0 Å². The Morgan fingerprint density at radius 2 is 1.85 bits per heavy atom. The number of hydrogen-bond donors (Lipinski definition) is 3. The summed E-state index contributed by atoms with van der Waals surface area (Å²) < 4.78 is 38.2. The van der Waals surface area contributed by atoms with E-state index in [1.165, 1.54) is 12.1 Å². The molecule has 1 aromatic rings. The van der Waals surface area contributed by atoms with E-state index >= 15 is 0 Å². The van der Waals surface area contributed by atoms with Crippen LogP contribution in [0.4, 0.5) is 0 Å². The number of fused-ring (bicyclic) bond motifs is 1. The van der Waals surface area contributed by atoms with Gasteiger partial charge < -0.3 is 20.1 Å². The van der Waals surface area contributed by atoms with Crippen LogP contribution >= 0.6 is 0 Å². The van der Waals surface area contributed by atoms with Crippen molar-refractivity contribution < 1.29 is 22.7 Å². The van der Waals surface area contributed by atoms with E-state index in [4.69, 9.17) is 9.47 Å². The Morgan fingerprint density at radius 3 is 2.62 bits per heavy atom. The minimum atomic E-state index is -3.71. The Hall–Kier alpha value is -1.84. The lowest BCUT2D eigenvalue weighted by molar-refractivity contribution is -0.120. The topological polar surface area (TPSA) is 106 Å². The highest BCUT2D eigenvalue weighted by Crippen LogP contribution is 2.31. The van der Waals surface area contributed by atoms with Gasteiger partial charge in [-0.1, -0.05) is 6.92 Å². The summed E-state index contributed by atoms with van der Waals surface area (Å²) >= 11 is 0. The maximum Gasteiger partial charge on any atom is 0.240 e. The van der Waals surface area contributed by atoms with Crippen LogP contribution in [0.15, 0.2) is 23.1 Å². The molecule has 146 valence electrons. The van der Waals surface area contributed by atoms with E-state index in [9.17, 15) is 13.2 Å². The van der Waals surface area contributed by atoms with E-state index in [2.05, 4.69) is 22.3 Å². The standard InChI is InChI=1S/C17H27N3O5S/c1-2-7-18-9-10-19-17(21)6-8-20-26(22,23)14-4-5-15-16(13-14)25-12-3-11-24-15/h4-5,13,18,20H,2-3,6-12H2,1H3,(H,19,21). The van der Waals surface area contributed by atoms with Gasteiger partial charge in [0.2, 0.25) is 15.9 Å². The minimum absolute atomic E-state index is 0.0327. The number of carbonyl (C=O) groups excluding carboxylic acids is 1. The van der Waals surface area contributed by atoms with Crippen molar-refractivity contribution >= 4 is 15.9 Å². The van der Waals surface area contributed by atoms with Gasteiger partial charge >= 0.3 is 0 Å². The predicted octanol–water partition coefficient (Wildman–Crippen LogP) is 0.632. The molecule has 0 bridgehead atoms. The zero-order chi connectivity index (χ0) is 18.8. The van der Waals surface area contributed by atoms with Gasteiger partial charge in [0.1, 0.15) is 0 Å². The van der Waals surface area contributed by atoms with Crippen LogP contribution in [0.3, 0.4) is 0 Å². The molecule has 2 rings (SSSR count). The summed E-state index contributed by atoms with van der Waals surface area (Å²) in [6.45, 7) is 5.25. The van der Waals surface area contributed by atoms with Crippen molar-refractivity contribution in [1.82, 2.24) is 15.4 Å². The summed E-state index contributed by atoms with van der Waals surface area (Å²) in [6.07, 6.45) is 1.87. The quantitative estimate of drug-likeness (QED) is 0.510. The van der Waals surface area contributed by atoms with Crippen LogP contribution in [0.25, 0.3) is 0 Å². The molecule has 8 nitrogen and oxygen atoms in total. The largest absolute Gasteiger partial charge is 0.490 e. The normalized spacial score (nSPS) is 13.9. The zero-order valence-corrected chi connectivity index (χ0v) is 15.9. The van der Waals surface area contributed by atoms with Crippen molar-refractivity contribution in [3.8, 4) is 11.5 Å². The van der Waals surface area contributed by atoms with Crippen molar-refractivity contribution in [2.24, 2.45) is 0 Å². The molecule has 0 saturated carbocycles. The van der Waals surface area contributed by atoms with Gasteiger partial charge in [-0.15, -0.1) is 0 Å². The van der Waals surface area contributed by atoms with Gasteiger partial charge in [-0.3, -0.25) is 4.79 Å². The van der Waals surface area contributed by atoms with Crippen LogP contribution in [0, 0.1) is 0 Å². The molecule has 0 aromatic heterocycles. The average Bonchev–Trinajstić information content (AvgIpc) is 2.86. The predicted molar refractivity (Wildman–Crippen MR) is 98.0 cm³/mol. The molecule has 0 unspecified atom stereocenters. The Balaban J connectivity index is 1.79. The number of benzene rings is 1. The maximum absolute atomic E-state index is 12.4. The highest BCUT2D eigenvalue weighted by molar-refractivity contribution is 7.89. The minimum Gasteiger partial charge on any atom is -0.490 e. The van der Waals surface area contributed by atoms with Crippen molar-refractivity contribution in [1.29, 1.82) is 0 Å². The summed E-state index contributed by atoms with van der Waals surface area (Å²) in [5, 5.41) is 5.92. The van der Waals surface area contributed by atoms with Crippen molar-refractivity contribution in [3.05, 3.63) is 18.2 Å². The summed E-state index contributed by atoms with van der Waals surface area (Å²) in [4.78, 5) is 11.8. The van der Waals surface area contributed by atoms with Gasteiger partial charge in [0.15, 0.2) is 11.5 Å². The first-order valence-corrected chi connectivity index (χ1v) is 10.4. The molecule has 0 radical (unpaired) electrons. The SMILES string of the molecule is CCCNCCNC(=O)CCNS(=O)(=O)c1ccc2c(c1)OCCCO2. The van der Waals surface area contributed by atoms with Crippen LogP contribution in [0.2, 0.25) is 0 Å². The molecule has 0 spiro atoms. The van der Waals surface area contributed by atoms with E-state index in [0.29, 0.717) is 37.8 Å². The van der Waals surface area contributed by atoms with Crippen LogP contribution < -0.4 is 24.8 Å². The third kappa shape index (κ3) is 6.47. The molecule has 9 heteroatoms.